The van der Waals surface area contributed by atoms with Gasteiger partial charge < -0.3 is 20.1 Å². The Hall–Kier alpha value is -0.160. The summed E-state index contributed by atoms with van der Waals surface area (Å²) < 4.78 is 4.98. The fourth-order valence-corrected chi connectivity index (χ4v) is 1.09. The molecule has 0 bridgehead atoms. The van der Waals surface area contributed by atoms with Crippen LogP contribution < -0.4 is 0 Å². The van der Waals surface area contributed by atoms with Gasteiger partial charge in [0.1, 0.15) is 18.3 Å². The first-order valence-electron chi connectivity index (χ1n) is 3.29. The quantitative estimate of drug-likeness (QED) is 0.422. The van der Waals surface area contributed by atoms with Crippen molar-refractivity contribution in [2.75, 3.05) is 6.61 Å². The summed E-state index contributed by atoms with van der Waals surface area (Å²) in [6.45, 7) is 1.41. The molecule has 1 rings (SSSR count). The molecule has 4 nitrogen and oxygen atoms in total. The van der Waals surface area contributed by atoms with Crippen molar-refractivity contribution in [3.8, 4) is 0 Å². The van der Waals surface area contributed by atoms with Gasteiger partial charge in [0, 0.05) is 0 Å². The fourth-order valence-electron chi connectivity index (χ4n) is 1.09. The molecule has 0 aliphatic carbocycles. The van der Waals surface area contributed by atoms with Crippen LogP contribution in [0.1, 0.15) is 6.92 Å². The molecule has 0 radical (unpaired) electrons. The van der Waals surface area contributed by atoms with Crippen LogP contribution in [0.5, 0.6) is 0 Å². The van der Waals surface area contributed by atoms with Crippen LogP contribution in [-0.4, -0.2) is 46.3 Å². The summed E-state index contributed by atoms with van der Waals surface area (Å²) >= 11 is 0. The van der Waals surface area contributed by atoms with Crippen LogP contribution in [-0.2, 0) is 4.74 Å². The number of aliphatic hydroxyl groups is 3. The summed E-state index contributed by atoms with van der Waals surface area (Å²) in [5.74, 6) is 0. The third kappa shape index (κ3) is 1.15. The average molecular weight is 148 g/mol. The lowest BCUT2D eigenvalue weighted by atomic mass is 10.1. The van der Waals surface area contributed by atoms with E-state index in [9.17, 15) is 0 Å². The second-order valence-electron chi connectivity index (χ2n) is 2.54. The maximum absolute atomic E-state index is 9.09. The van der Waals surface area contributed by atoms with Gasteiger partial charge in [0.15, 0.2) is 0 Å². The van der Waals surface area contributed by atoms with Gasteiger partial charge in [0.25, 0.3) is 0 Å². The Morgan fingerprint density at radius 1 is 1.30 bits per heavy atom. The van der Waals surface area contributed by atoms with Gasteiger partial charge in [0.05, 0.1) is 12.7 Å². The van der Waals surface area contributed by atoms with Crippen LogP contribution in [0.4, 0.5) is 0 Å². The highest BCUT2D eigenvalue weighted by Crippen LogP contribution is 2.19. The predicted octanol–water partition coefficient (Wildman–Crippen LogP) is -1.51. The van der Waals surface area contributed by atoms with Crippen LogP contribution in [0.15, 0.2) is 0 Å². The van der Waals surface area contributed by atoms with Gasteiger partial charge in [-0.3, -0.25) is 0 Å². The summed E-state index contributed by atoms with van der Waals surface area (Å²) in [5, 5.41) is 26.8. The van der Waals surface area contributed by atoms with Gasteiger partial charge in [-0.15, -0.1) is 0 Å². The molecule has 3 N–H and O–H groups in total. The monoisotopic (exact) mass is 148 g/mol. The number of hydrogen-bond acceptors (Lipinski definition) is 4. The first kappa shape index (κ1) is 7.94. The Bertz CT molecular complexity index is 116. The highest BCUT2D eigenvalue weighted by molar-refractivity contribution is 4.87. The third-order valence-electron chi connectivity index (χ3n) is 1.78. The minimum atomic E-state index is -0.944. The molecule has 0 saturated carbocycles. The maximum Gasteiger partial charge on any atom is 0.111 e. The van der Waals surface area contributed by atoms with Crippen LogP contribution in [0, 0.1) is 0 Å². The van der Waals surface area contributed by atoms with E-state index in [1.807, 2.05) is 0 Å². The lowest BCUT2D eigenvalue weighted by Crippen LogP contribution is -2.33. The molecule has 0 aromatic heterocycles. The van der Waals surface area contributed by atoms with E-state index in [0.717, 1.165) is 0 Å². The van der Waals surface area contributed by atoms with E-state index >= 15 is 0 Å². The molecule has 1 fully saturated rings. The van der Waals surface area contributed by atoms with Crippen LogP contribution in [0.3, 0.4) is 0 Å². The van der Waals surface area contributed by atoms with Crippen molar-refractivity contribution in [2.45, 2.75) is 31.3 Å². The Kier molecular flexibility index (Phi) is 2.25. The molecule has 4 heteroatoms. The molecule has 0 unspecified atom stereocenters. The van der Waals surface area contributed by atoms with Gasteiger partial charge in [-0.2, -0.15) is 0 Å². The molecule has 0 aromatic rings. The van der Waals surface area contributed by atoms with E-state index in [1.54, 1.807) is 6.92 Å². The highest BCUT2D eigenvalue weighted by atomic mass is 16.5. The second kappa shape index (κ2) is 2.84. The molecule has 1 aliphatic heterocycles. The minimum absolute atomic E-state index is 0.247. The van der Waals surface area contributed by atoms with Crippen LogP contribution in [0.25, 0.3) is 0 Å². The van der Waals surface area contributed by atoms with Gasteiger partial charge in [-0.25, -0.2) is 0 Å². The van der Waals surface area contributed by atoms with E-state index in [2.05, 4.69) is 0 Å². The Morgan fingerprint density at radius 3 is 2.10 bits per heavy atom. The molecular formula is C6H12O4. The maximum atomic E-state index is 9.09. The zero-order chi connectivity index (χ0) is 7.72. The van der Waals surface area contributed by atoms with E-state index < -0.39 is 18.3 Å². The zero-order valence-corrected chi connectivity index (χ0v) is 5.77. The summed E-state index contributed by atoms with van der Waals surface area (Å²) in [5.41, 5.74) is 0. The molecule has 1 heterocycles. The van der Waals surface area contributed by atoms with E-state index in [1.165, 1.54) is 0 Å². The molecule has 0 aromatic carbocycles. The van der Waals surface area contributed by atoms with Crippen molar-refractivity contribution in [2.24, 2.45) is 0 Å². The molecule has 0 amide bonds. The topological polar surface area (TPSA) is 69.9 Å². The van der Waals surface area contributed by atoms with Crippen molar-refractivity contribution in [3.05, 3.63) is 0 Å². The summed E-state index contributed by atoms with van der Waals surface area (Å²) in [4.78, 5) is 0. The Balaban J connectivity index is 2.53. The van der Waals surface area contributed by atoms with Gasteiger partial charge >= 0.3 is 0 Å². The van der Waals surface area contributed by atoms with E-state index in [4.69, 9.17) is 20.1 Å². The van der Waals surface area contributed by atoms with Crippen LogP contribution in [0.2, 0.25) is 0 Å². The summed E-state index contributed by atoms with van der Waals surface area (Å²) in [7, 11) is 0. The van der Waals surface area contributed by atoms with E-state index in [0.29, 0.717) is 0 Å². The number of rotatable bonds is 1. The normalized spacial score (nSPS) is 48.0. The minimum Gasteiger partial charge on any atom is -0.394 e. The van der Waals surface area contributed by atoms with Crippen molar-refractivity contribution in [1.29, 1.82) is 0 Å². The number of ether oxygens (including phenoxy) is 1. The molecule has 10 heavy (non-hydrogen) atoms. The molecule has 1 saturated heterocycles. The standard InChI is InChI=1S/C6H12O4/c1-3-5(8)6(9)4(2-7)10-3/h3-9H,2H2,1H3/t3-,4-,5+,6-/m1/s1. The number of hydrogen-bond donors (Lipinski definition) is 3. The zero-order valence-electron chi connectivity index (χ0n) is 5.77. The average Bonchev–Trinajstić information content (AvgIpc) is 2.17. The molecular weight excluding hydrogens is 136 g/mol. The first-order valence-corrected chi connectivity index (χ1v) is 3.29. The lowest BCUT2D eigenvalue weighted by molar-refractivity contribution is -0.0171. The fraction of sp³-hybridized carbons (Fsp3) is 1.00. The first-order chi connectivity index (χ1) is 4.66. The van der Waals surface area contributed by atoms with E-state index in [-0.39, 0.29) is 12.7 Å². The Labute approximate surface area is 59.1 Å². The molecule has 60 valence electrons. The largest absolute Gasteiger partial charge is 0.394 e. The van der Waals surface area contributed by atoms with Crippen molar-refractivity contribution >= 4 is 0 Å². The van der Waals surface area contributed by atoms with Crippen molar-refractivity contribution in [1.82, 2.24) is 0 Å². The molecule has 0 spiro atoms. The highest BCUT2D eigenvalue weighted by Gasteiger charge is 2.39. The van der Waals surface area contributed by atoms with Gasteiger partial charge in [-0.05, 0) is 6.92 Å². The third-order valence-corrected chi connectivity index (χ3v) is 1.78. The smallest absolute Gasteiger partial charge is 0.111 e. The van der Waals surface area contributed by atoms with Gasteiger partial charge in [0.2, 0.25) is 0 Å². The van der Waals surface area contributed by atoms with Crippen molar-refractivity contribution < 1.29 is 20.1 Å². The second-order valence-corrected chi connectivity index (χ2v) is 2.54. The summed E-state index contributed by atoms with van der Waals surface area (Å²) in [6.07, 6.45) is -2.81. The SMILES string of the molecule is C[C@H]1O[C@H](CO)[C@@H](O)[C@H]1O. The van der Waals surface area contributed by atoms with Crippen molar-refractivity contribution in [3.63, 3.8) is 0 Å². The predicted molar refractivity (Wildman–Crippen MR) is 33.4 cm³/mol. The molecule has 1 aliphatic rings. The molecule has 4 atom stereocenters. The lowest BCUT2D eigenvalue weighted by Gasteiger charge is -2.10. The summed E-state index contributed by atoms with van der Waals surface area (Å²) in [6, 6.07) is 0. The van der Waals surface area contributed by atoms with Gasteiger partial charge in [-0.1, -0.05) is 0 Å². The Morgan fingerprint density at radius 2 is 1.90 bits per heavy atom. The number of aliphatic hydroxyl groups excluding tert-OH is 3. The van der Waals surface area contributed by atoms with Crippen LogP contribution >= 0.6 is 0 Å².